The van der Waals surface area contributed by atoms with E-state index in [1.165, 1.54) is 0 Å². The van der Waals surface area contributed by atoms with Crippen molar-refractivity contribution < 1.29 is 9.59 Å². The Balaban J connectivity index is 1.69. The zero-order chi connectivity index (χ0) is 14.4. The summed E-state index contributed by atoms with van der Waals surface area (Å²) in [5.74, 6) is 0.0184. The standard InChI is InChI=1S/C14H20N4O2/c15-13(19)10-18-6-4-11(9-18)7-14(20)17-8-12-3-1-2-5-16-12/h1-3,5,11H,4,6-10H2,(H2,15,19)(H,17,20). The molecule has 1 aliphatic heterocycles. The molecule has 0 saturated carbocycles. The first-order valence-corrected chi connectivity index (χ1v) is 6.81. The summed E-state index contributed by atoms with van der Waals surface area (Å²) in [5, 5.41) is 2.87. The Kier molecular flexibility index (Phi) is 5.06. The lowest BCUT2D eigenvalue weighted by Crippen LogP contribution is -2.32. The number of hydrogen-bond donors (Lipinski definition) is 2. The van der Waals surface area contributed by atoms with Gasteiger partial charge in [0.1, 0.15) is 0 Å². The van der Waals surface area contributed by atoms with Crippen molar-refractivity contribution in [1.82, 2.24) is 15.2 Å². The van der Waals surface area contributed by atoms with Gasteiger partial charge in [-0.3, -0.25) is 19.5 Å². The van der Waals surface area contributed by atoms with E-state index in [2.05, 4.69) is 10.3 Å². The van der Waals surface area contributed by atoms with Gasteiger partial charge < -0.3 is 11.1 Å². The van der Waals surface area contributed by atoms with Gasteiger partial charge in [-0.15, -0.1) is 0 Å². The van der Waals surface area contributed by atoms with Crippen LogP contribution in [0.15, 0.2) is 24.4 Å². The molecule has 2 amide bonds. The average molecular weight is 276 g/mol. The molecule has 0 aromatic carbocycles. The Bertz CT molecular complexity index is 464. The SMILES string of the molecule is NC(=O)CN1CCC(CC(=O)NCc2ccccn2)C1. The molecule has 6 nitrogen and oxygen atoms in total. The Morgan fingerprint density at radius 2 is 2.30 bits per heavy atom. The number of pyridine rings is 1. The zero-order valence-corrected chi connectivity index (χ0v) is 11.4. The van der Waals surface area contributed by atoms with Crippen LogP contribution in [-0.4, -0.2) is 41.3 Å². The van der Waals surface area contributed by atoms with Gasteiger partial charge in [0.2, 0.25) is 11.8 Å². The average Bonchev–Trinajstić information content (AvgIpc) is 2.84. The normalized spacial score (nSPS) is 18.9. The molecule has 6 heteroatoms. The monoisotopic (exact) mass is 276 g/mol. The molecule has 0 bridgehead atoms. The Hall–Kier alpha value is -1.95. The topological polar surface area (TPSA) is 88.3 Å². The summed E-state index contributed by atoms with van der Waals surface area (Å²) in [6.07, 6.45) is 3.13. The first-order chi connectivity index (χ1) is 9.63. The highest BCUT2D eigenvalue weighted by atomic mass is 16.2. The van der Waals surface area contributed by atoms with Crippen molar-refractivity contribution in [3.63, 3.8) is 0 Å². The molecule has 0 radical (unpaired) electrons. The van der Waals surface area contributed by atoms with Crippen LogP contribution in [-0.2, 0) is 16.1 Å². The minimum atomic E-state index is -0.315. The van der Waals surface area contributed by atoms with E-state index in [1.807, 2.05) is 23.1 Å². The van der Waals surface area contributed by atoms with E-state index in [1.54, 1.807) is 6.20 Å². The number of aromatic nitrogens is 1. The number of rotatable bonds is 6. The summed E-state index contributed by atoms with van der Waals surface area (Å²) in [5.41, 5.74) is 6.01. The van der Waals surface area contributed by atoms with E-state index in [0.717, 1.165) is 25.2 Å². The molecule has 2 rings (SSSR count). The molecule has 1 aromatic heterocycles. The van der Waals surface area contributed by atoms with Gasteiger partial charge >= 0.3 is 0 Å². The molecule has 1 aliphatic rings. The van der Waals surface area contributed by atoms with E-state index in [-0.39, 0.29) is 18.4 Å². The Morgan fingerprint density at radius 1 is 1.45 bits per heavy atom. The maximum absolute atomic E-state index is 11.9. The first kappa shape index (κ1) is 14.5. The molecular weight excluding hydrogens is 256 g/mol. The van der Waals surface area contributed by atoms with E-state index >= 15 is 0 Å². The molecule has 2 heterocycles. The van der Waals surface area contributed by atoms with Crippen molar-refractivity contribution in [1.29, 1.82) is 0 Å². The highest BCUT2D eigenvalue weighted by molar-refractivity contribution is 5.76. The third kappa shape index (κ3) is 4.62. The first-order valence-electron chi connectivity index (χ1n) is 6.81. The quantitative estimate of drug-likeness (QED) is 0.759. The second kappa shape index (κ2) is 7.00. The van der Waals surface area contributed by atoms with Gasteiger partial charge in [0.05, 0.1) is 18.8 Å². The van der Waals surface area contributed by atoms with Crippen LogP contribution in [0.3, 0.4) is 0 Å². The minimum absolute atomic E-state index is 0.0292. The molecule has 1 unspecified atom stereocenters. The van der Waals surface area contributed by atoms with E-state index in [4.69, 9.17) is 5.73 Å². The molecule has 1 fully saturated rings. The second-order valence-corrected chi connectivity index (χ2v) is 5.16. The summed E-state index contributed by atoms with van der Waals surface area (Å²) in [7, 11) is 0. The third-order valence-corrected chi connectivity index (χ3v) is 3.42. The fourth-order valence-corrected chi connectivity index (χ4v) is 2.47. The van der Waals surface area contributed by atoms with Gasteiger partial charge in [0.15, 0.2) is 0 Å². The number of likely N-dealkylation sites (tertiary alicyclic amines) is 1. The molecule has 1 aromatic rings. The molecule has 0 aliphatic carbocycles. The van der Waals surface area contributed by atoms with Crippen molar-refractivity contribution in [2.24, 2.45) is 11.7 Å². The van der Waals surface area contributed by atoms with Crippen molar-refractivity contribution in [3.8, 4) is 0 Å². The number of amides is 2. The zero-order valence-electron chi connectivity index (χ0n) is 11.4. The smallest absolute Gasteiger partial charge is 0.231 e. The van der Waals surface area contributed by atoms with Crippen LogP contribution < -0.4 is 11.1 Å². The second-order valence-electron chi connectivity index (χ2n) is 5.16. The molecule has 1 saturated heterocycles. The highest BCUT2D eigenvalue weighted by Crippen LogP contribution is 2.18. The maximum Gasteiger partial charge on any atom is 0.231 e. The molecule has 108 valence electrons. The van der Waals surface area contributed by atoms with E-state index in [9.17, 15) is 9.59 Å². The van der Waals surface area contributed by atoms with Crippen LogP contribution >= 0.6 is 0 Å². The van der Waals surface area contributed by atoms with Gasteiger partial charge in [-0.2, -0.15) is 0 Å². The number of hydrogen-bond acceptors (Lipinski definition) is 4. The van der Waals surface area contributed by atoms with Crippen LogP contribution in [0, 0.1) is 5.92 Å². The van der Waals surface area contributed by atoms with E-state index < -0.39 is 0 Å². The summed E-state index contributed by atoms with van der Waals surface area (Å²) in [6, 6.07) is 5.62. The van der Waals surface area contributed by atoms with Crippen molar-refractivity contribution >= 4 is 11.8 Å². The number of nitrogens with one attached hydrogen (secondary N) is 1. The number of nitrogens with zero attached hydrogens (tertiary/aromatic N) is 2. The van der Waals surface area contributed by atoms with Crippen LogP contribution in [0.2, 0.25) is 0 Å². The van der Waals surface area contributed by atoms with Gasteiger partial charge in [-0.25, -0.2) is 0 Å². The van der Waals surface area contributed by atoms with Crippen LogP contribution in [0.4, 0.5) is 0 Å². The lowest BCUT2D eigenvalue weighted by molar-refractivity contribution is -0.122. The fourth-order valence-electron chi connectivity index (χ4n) is 2.47. The molecule has 0 spiro atoms. The van der Waals surface area contributed by atoms with Gasteiger partial charge in [-0.1, -0.05) is 6.07 Å². The van der Waals surface area contributed by atoms with Crippen molar-refractivity contribution in [3.05, 3.63) is 30.1 Å². The molecule has 3 N–H and O–H groups in total. The predicted octanol–water partition coefficient (Wildman–Crippen LogP) is -0.105. The minimum Gasteiger partial charge on any atom is -0.369 e. The van der Waals surface area contributed by atoms with Crippen LogP contribution in [0.25, 0.3) is 0 Å². The van der Waals surface area contributed by atoms with Gasteiger partial charge in [0, 0.05) is 19.2 Å². The number of primary amides is 1. The molecule has 1 atom stereocenters. The Labute approximate surface area is 118 Å². The fraction of sp³-hybridized carbons (Fsp3) is 0.500. The summed E-state index contributed by atoms with van der Waals surface area (Å²) >= 11 is 0. The number of nitrogens with two attached hydrogens (primary N) is 1. The van der Waals surface area contributed by atoms with Crippen molar-refractivity contribution in [2.45, 2.75) is 19.4 Å². The summed E-state index contributed by atoms with van der Waals surface area (Å²) in [6.45, 7) is 2.34. The third-order valence-electron chi connectivity index (χ3n) is 3.42. The van der Waals surface area contributed by atoms with Crippen LogP contribution in [0.1, 0.15) is 18.5 Å². The maximum atomic E-state index is 11.9. The van der Waals surface area contributed by atoms with Gasteiger partial charge in [0.25, 0.3) is 0 Å². The lowest BCUT2D eigenvalue weighted by atomic mass is 10.0. The van der Waals surface area contributed by atoms with E-state index in [0.29, 0.717) is 18.9 Å². The van der Waals surface area contributed by atoms with Crippen LogP contribution in [0.5, 0.6) is 0 Å². The van der Waals surface area contributed by atoms with Gasteiger partial charge in [-0.05, 0) is 31.0 Å². The molecule has 20 heavy (non-hydrogen) atoms. The predicted molar refractivity (Wildman–Crippen MR) is 74.4 cm³/mol. The van der Waals surface area contributed by atoms with Crippen molar-refractivity contribution in [2.75, 3.05) is 19.6 Å². The Morgan fingerprint density at radius 3 is 3.00 bits per heavy atom. The number of carbonyl (C=O) groups is 2. The summed E-state index contributed by atoms with van der Waals surface area (Å²) in [4.78, 5) is 28.8. The lowest BCUT2D eigenvalue weighted by Gasteiger charge is -2.13. The highest BCUT2D eigenvalue weighted by Gasteiger charge is 2.25. The largest absolute Gasteiger partial charge is 0.369 e. The molecular formula is C14H20N4O2. The summed E-state index contributed by atoms with van der Waals surface area (Å²) < 4.78 is 0. The number of carbonyl (C=O) groups excluding carboxylic acids is 2.